The number of hydrogen-bond acceptors (Lipinski definition) is 5. The van der Waals surface area contributed by atoms with Crippen LogP contribution in [-0.4, -0.2) is 30.3 Å². The van der Waals surface area contributed by atoms with Gasteiger partial charge in [-0.3, -0.25) is 0 Å². The Hall–Kier alpha value is -1.14. The van der Waals surface area contributed by atoms with Crippen molar-refractivity contribution in [3.8, 4) is 0 Å². The van der Waals surface area contributed by atoms with E-state index in [0.29, 0.717) is 18.1 Å². The Bertz CT molecular complexity index is 595. The molecule has 0 spiro atoms. The fourth-order valence-electron chi connectivity index (χ4n) is 2.63. The van der Waals surface area contributed by atoms with Gasteiger partial charge >= 0.3 is 0 Å². The van der Waals surface area contributed by atoms with Gasteiger partial charge in [-0.05, 0) is 43.6 Å². The molecule has 1 N–H and O–H groups in total. The topological polar surface area (TPSA) is 60.2 Å². The lowest BCUT2D eigenvalue weighted by Gasteiger charge is -2.32. The number of hydrogen-bond donors (Lipinski definition) is 1. The highest BCUT2D eigenvalue weighted by atomic mass is 35.5. The molecule has 1 aromatic carbocycles. The maximum absolute atomic E-state index is 5.89. The zero-order valence-corrected chi connectivity index (χ0v) is 13.9. The summed E-state index contributed by atoms with van der Waals surface area (Å²) in [5, 5.41) is 8.12. The van der Waals surface area contributed by atoms with Gasteiger partial charge < -0.3 is 14.6 Å². The van der Waals surface area contributed by atoms with E-state index >= 15 is 0 Å². The molecule has 5 nitrogen and oxygen atoms in total. The summed E-state index contributed by atoms with van der Waals surface area (Å²) in [6, 6.07) is 7.66. The molecule has 1 aromatic heterocycles. The maximum Gasteiger partial charge on any atom is 0.258 e. The van der Waals surface area contributed by atoms with Crippen LogP contribution in [0, 0.1) is 0 Å². The Balaban J connectivity index is 0.00000176. The van der Waals surface area contributed by atoms with E-state index in [-0.39, 0.29) is 12.4 Å². The van der Waals surface area contributed by atoms with Gasteiger partial charge in [0.15, 0.2) is 5.82 Å². The molecule has 22 heavy (non-hydrogen) atoms. The Morgan fingerprint density at radius 2 is 1.95 bits per heavy atom. The molecule has 1 saturated heterocycles. The van der Waals surface area contributed by atoms with Crippen molar-refractivity contribution in [2.75, 3.05) is 20.2 Å². The fourth-order valence-corrected chi connectivity index (χ4v) is 2.76. The molecule has 0 aliphatic carbocycles. The molecule has 7 heteroatoms. The molecule has 2 aromatic rings. The summed E-state index contributed by atoms with van der Waals surface area (Å²) < 4.78 is 11.1. The highest BCUT2D eigenvalue weighted by Crippen LogP contribution is 2.33. The lowest BCUT2D eigenvalue weighted by Crippen LogP contribution is -2.41. The van der Waals surface area contributed by atoms with Crippen molar-refractivity contribution in [2.24, 2.45) is 0 Å². The summed E-state index contributed by atoms with van der Waals surface area (Å²) in [6.45, 7) is 1.78. The second kappa shape index (κ2) is 7.42. The van der Waals surface area contributed by atoms with Gasteiger partial charge in [0.25, 0.3) is 5.89 Å². The molecule has 1 aliphatic rings. The number of piperidine rings is 1. The van der Waals surface area contributed by atoms with E-state index in [1.807, 2.05) is 24.3 Å². The second-order valence-corrected chi connectivity index (χ2v) is 5.70. The Kier molecular flexibility index (Phi) is 5.81. The summed E-state index contributed by atoms with van der Waals surface area (Å²) in [7, 11) is 1.70. The SMILES string of the molecule is COC1(c2nc(Cc3ccc(Cl)cc3)no2)CCNCC1.Cl. The smallest absolute Gasteiger partial charge is 0.258 e. The molecule has 0 atom stereocenters. The van der Waals surface area contributed by atoms with E-state index in [1.165, 1.54) is 0 Å². The molecule has 0 radical (unpaired) electrons. The summed E-state index contributed by atoms with van der Waals surface area (Å²) in [5.41, 5.74) is 0.653. The minimum absolute atomic E-state index is 0. The van der Waals surface area contributed by atoms with Crippen LogP contribution in [0.15, 0.2) is 28.8 Å². The lowest BCUT2D eigenvalue weighted by molar-refractivity contribution is -0.0622. The van der Waals surface area contributed by atoms with Gasteiger partial charge in [0, 0.05) is 18.6 Å². The average molecular weight is 344 g/mol. The molecule has 0 amide bonds. The van der Waals surface area contributed by atoms with E-state index in [4.69, 9.17) is 20.9 Å². The van der Waals surface area contributed by atoms with Crippen LogP contribution in [0.25, 0.3) is 0 Å². The molecule has 0 bridgehead atoms. The highest BCUT2D eigenvalue weighted by molar-refractivity contribution is 6.30. The monoisotopic (exact) mass is 343 g/mol. The maximum atomic E-state index is 5.89. The van der Waals surface area contributed by atoms with E-state index in [0.717, 1.165) is 36.5 Å². The number of benzene rings is 1. The second-order valence-electron chi connectivity index (χ2n) is 5.27. The third kappa shape index (κ3) is 3.60. The predicted octanol–water partition coefficient (Wildman–Crippen LogP) is 2.96. The van der Waals surface area contributed by atoms with Crippen molar-refractivity contribution in [1.29, 1.82) is 0 Å². The van der Waals surface area contributed by atoms with Gasteiger partial charge in [-0.25, -0.2) is 0 Å². The standard InChI is InChI=1S/C15H18ClN3O2.ClH/c1-20-15(6-8-17-9-7-15)14-18-13(19-21-14)10-11-2-4-12(16)5-3-11;/h2-5,17H,6-10H2,1H3;1H. The fraction of sp³-hybridized carbons (Fsp3) is 0.467. The van der Waals surface area contributed by atoms with Crippen molar-refractivity contribution in [2.45, 2.75) is 24.9 Å². The van der Waals surface area contributed by atoms with Crippen molar-refractivity contribution in [3.63, 3.8) is 0 Å². The van der Waals surface area contributed by atoms with Crippen LogP contribution < -0.4 is 5.32 Å². The number of methoxy groups -OCH3 is 1. The molecule has 1 fully saturated rings. The van der Waals surface area contributed by atoms with Crippen LogP contribution in [0.1, 0.15) is 30.1 Å². The number of aromatic nitrogens is 2. The third-order valence-electron chi connectivity index (χ3n) is 3.94. The first-order valence-corrected chi connectivity index (χ1v) is 7.43. The Morgan fingerprint density at radius 1 is 1.27 bits per heavy atom. The first kappa shape index (κ1) is 17.2. The largest absolute Gasteiger partial charge is 0.368 e. The minimum atomic E-state index is -0.448. The first-order chi connectivity index (χ1) is 10.2. The summed E-state index contributed by atoms with van der Waals surface area (Å²) in [5.74, 6) is 1.25. The van der Waals surface area contributed by atoms with Gasteiger partial charge in [-0.15, -0.1) is 12.4 Å². The molecule has 120 valence electrons. The number of nitrogens with zero attached hydrogens (tertiary/aromatic N) is 2. The van der Waals surface area contributed by atoms with Crippen LogP contribution in [0.5, 0.6) is 0 Å². The van der Waals surface area contributed by atoms with E-state index < -0.39 is 5.60 Å². The molecular weight excluding hydrogens is 325 g/mol. The van der Waals surface area contributed by atoms with Gasteiger partial charge in [-0.1, -0.05) is 28.9 Å². The zero-order valence-electron chi connectivity index (χ0n) is 12.3. The molecule has 2 heterocycles. The van der Waals surface area contributed by atoms with E-state index in [1.54, 1.807) is 7.11 Å². The molecular formula is C15H19Cl2N3O2. The lowest BCUT2D eigenvalue weighted by atomic mass is 9.92. The van der Waals surface area contributed by atoms with Crippen molar-refractivity contribution >= 4 is 24.0 Å². The molecule has 0 unspecified atom stereocenters. The Labute approximate surface area is 140 Å². The first-order valence-electron chi connectivity index (χ1n) is 7.05. The third-order valence-corrected chi connectivity index (χ3v) is 4.19. The Morgan fingerprint density at radius 3 is 2.59 bits per heavy atom. The normalized spacial score (nSPS) is 17.0. The minimum Gasteiger partial charge on any atom is -0.368 e. The zero-order chi connectivity index (χ0) is 14.7. The van der Waals surface area contributed by atoms with Crippen molar-refractivity contribution < 1.29 is 9.26 Å². The van der Waals surface area contributed by atoms with Gasteiger partial charge in [0.05, 0.1) is 0 Å². The van der Waals surface area contributed by atoms with Crippen molar-refractivity contribution in [3.05, 3.63) is 46.6 Å². The van der Waals surface area contributed by atoms with Crippen LogP contribution in [0.4, 0.5) is 0 Å². The molecule has 1 aliphatic heterocycles. The van der Waals surface area contributed by atoms with Crippen LogP contribution >= 0.6 is 24.0 Å². The summed E-state index contributed by atoms with van der Waals surface area (Å²) in [6.07, 6.45) is 2.30. The molecule has 3 rings (SSSR count). The summed E-state index contributed by atoms with van der Waals surface area (Å²) in [4.78, 5) is 4.53. The van der Waals surface area contributed by atoms with E-state index in [9.17, 15) is 0 Å². The number of ether oxygens (including phenoxy) is 1. The van der Waals surface area contributed by atoms with Gasteiger partial charge in [0.2, 0.25) is 0 Å². The van der Waals surface area contributed by atoms with Crippen LogP contribution in [0.3, 0.4) is 0 Å². The number of nitrogens with one attached hydrogen (secondary N) is 1. The average Bonchev–Trinajstić information content (AvgIpc) is 2.99. The van der Waals surface area contributed by atoms with Crippen LogP contribution in [0.2, 0.25) is 5.02 Å². The number of rotatable bonds is 4. The van der Waals surface area contributed by atoms with E-state index in [2.05, 4.69) is 15.5 Å². The highest BCUT2D eigenvalue weighted by Gasteiger charge is 2.39. The van der Waals surface area contributed by atoms with Crippen molar-refractivity contribution in [1.82, 2.24) is 15.5 Å². The predicted molar refractivity (Wildman–Crippen MR) is 86.6 cm³/mol. The van der Waals surface area contributed by atoms with Gasteiger partial charge in [-0.2, -0.15) is 4.98 Å². The quantitative estimate of drug-likeness (QED) is 0.924. The molecule has 0 saturated carbocycles. The summed E-state index contributed by atoms with van der Waals surface area (Å²) >= 11 is 5.89. The van der Waals surface area contributed by atoms with Crippen LogP contribution in [-0.2, 0) is 16.8 Å². The van der Waals surface area contributed by atoms with Gasteiger partial charge in [0.1, 0.15) is 5.60 Å². The number of halogens is 2.